The number of hydrogen-bond acceptors (Lipinski definition) is 3. The average molecular weight is 285 g/mol. The first-order valence-corrected chi connectivity index (χ1v) is 8.27. The van der Waals surface area contributed by atoms with Crippen LogP contribution < -0.4 is 11.1 Å². The summed E-state index contributed by atoms with van der Waals surface area (Å²) in [6, 6.07) is 0. The second kappa shape index (κ2) is 11.1. The van der Waals surface area contributed by atoms with E-state index in [-0.39, 0.29) is 5.91 Å². The van der Waals surface area contributed by atoms with Crippen LogP contribution in [0.15, 0.2) is 0 Å². The molecule has 1 unspecified atom stereocenters. The molecule has 0 aliphatic rings. The predicted octanol–water partition coefficient (Wildman–Crippen LogP) is 2.52. The summed E-state index contributed by atoms with van der Waals surface area (Å²) in [7, 11) is 0. The molecule has 0 spiro atoms. The normalized spacial score (nSPS) is 14.4. The molecule has 1 atom stereocenters. The standard InChI is InChI=1S/C16H35N3O/c1-5-11-18-16(4,15(17)20)10-8-9-14-19(12-6-2)13-7-3/h18H,5-14H2,1-4H3,(H2,17,20). The summed E-state index contributed by atoms with van der Waals surface area (Å²) in [4.78, 5) is 14.1. The number of unbranched alkanes of at least 4 members (excludes halogenated alkanes) is 1. The van der Waals surface area contributed by atoms with Crippen molar-refractivity contribution in [3.63, 3.8) is 0 Å². The summed E-state index contributed by atoms with van der Waals surface area (Å²) < 4.78 is 0. The molecule has 120 valence electrons. The highest BCUT2D eigenvalue weighted by molar-refractivity contribution is 5.84. The lowest BCUT2D eigenvalue weighted by atomic mass is 9.93. The van der Waals surface area contributed by atoms with E-state index in [2.05, 4.69) is 31.0 Å². The fourth-order valence-electron chi connectivity index (χ4n) is 2.48. The molecule has 0 rings (SSSR count). The Balaban J connectivity index is 4.07. The number of carbonyl (C=O) groups is 1. The lowest BCUT2D eigenvalue weighted by molar-refractivity contribution is -0.124. The molecule has 0 saturated heterocycles. The predicted molar refractivity (Wildman–Crippen MR) is 86.8 cm³/mol. The minimum atomic E-state index is -0.545. The highest BCUT2D eigenvalue weighted by Gasteiger charge is 2.29. The smallest absolute Gasteiger partial charge is 0.237 e. The average Bonchev–Trinajstić information content (AvgIpc) is 2.41. The Bertz CT molecular complexity index is 252. The number of nitrogens with zero attached hydrogens (tertiary/aromatic N) is 1. The zero-order chi connectivity index (χ0) is 15.4. The number of amides is 1. The van der Waals surface area contributed by atoms with E-state index >= 15 is 0 Å². The van der Waals surface area contributed by atoms with Gasteiger partial charge in [0.1, 0.15) is 0 Å². The summed E-state index contributed by atoms with van der Waals surface area (Å²) in [6.45, 7) is 12.8. The first-order chi connectivity index (χ1) is 9.50. The summed E-state index contributed by atoms with van der Waals surface area (Å²) in [5.41, 5.74) is 4.99. The Labute approximate surface area is 125 Å². The molecule has 0 aliphatic heterocycles. The molecule has 20 heavy (non-hydrogen) atoms. The second-order valence-electron chi connectivity index (χ2n) is 5.92. The van der Waals surface area contributed by atoms with Gasteiger partial charge in [-0.3, -0.25) is 4.79 Å². The van der Waals surface area contributed by atoms with Crippen molar-refractivity contribution in [1.82, 2.24) is 10.2 Å². The van der Waals surface area contributed by atoms with Gasteiger partial charge in [-0.25, -0.2) is 0 Å². The largest absolute Gasteiger partial charge is 0.368 e. The van der Waals surface area contributed by atoms with Gasteiger partial charge in [0, 0.05) is 0 Å². The Morgan fingerprint density at radius 1 is 1.05 bits per heavy atom. The summed E-state index contributed by atoms with van der Waals surface area (Å²) in [5, 5.41) is 3.30. The van der Waals surface area contributed by atoms with Gasteiger partial charge in [0.05, 0.1) is 5.54 Å². The fourth-order valence-corrected chi connectivity index (χ4v) is 2.48. The van der Waals surface area contributed by atoms with E-state index in [1.165, 1.54) is 25.9 Å². The number of rotatable bonds is 13. The van der Waals surface area contributed by atoms with Crippen LogP contribution >= 0.6 is 0 Å². The van der Waals surface area contributed by atoms with Gasteiger partial charge in [-0.05, 0) is 71.6 Å². The highest BCUT2D eigenvalue weighted by Crippen LogP contribution is 2.14. The molecule has 0 aromatic heterocycles. The van der Waals surface area contributed by atoms with Crippen molar-refractivity contribution in [1.29, 1.82) is 0 Å². The summed E-state index contributed by atoms with van der Waals surface area (Å²) >= 11 is 0. The molecule has 3 N–H and O–H groups in total. The quantitative estimate of drug-likeness (QED) is 0.511. The van der Waals surface area contributed by atoms with Gasteiger partial charge >= 0.3 is 0 Å². The van der Waals surface area contributed by atoms with Gasteiger partial charge in [-0.1, -0.05) is 20.8 Å². The fraction of sp³-hybridized carbons (Fsp3) is 0.938. The minimum Gasteiger partial charge on any atom is -0.368 e. The topological polar surface area (TPSA) is 58.4 Å². The van der Waals surface area contributed by atoms with Gasteiger partial charge in [-0.2, -0.15) is 0 Å². The van der Waals surface area contributed by atoms with Crippen molar-refractivity contribution in [2.24, 2.45) is 5.73 Å². The van der Waals surface area contributed by atoms with E-state index in [0.29, 0.717) is 0 Å². The van der Waals surface area contributed by atoms with Crippen molar-refractivity contribution < 1.29 is 4.79 Å². The molecule has 4 nitrogen and oxygen atoms in total. The zero-order valence-corrected chi connectivity index (χ0v) is 14.0. The lowest BCUT2D eigenvalue weighted by Gasteiger charge is -2.28. The van der Waals surface area contributed by atoms with Gasteiger partial charge in [0.2, 0.25) is 5.91 Å². The molecule has 4 heteroatoms. The van der Waals surface area contributed by atoms with Crippen molar-refractivity contribution in [3.8, 4) is 0 Å². The lowest BCUT2D eigenvalue weighted by Crippen LogP contribution is -2.53. The van der Waals surface area contributed by atoms with E-state index in [9.17, 15) is 4.79 Å². The van der Waals surface area contributed by atoms with Crippen molar-refractivity contribution in [2.75, 3.05) is 26.2 Å². The molecule has 0 fully saturated rings. The molecule has 1 amide bonds. The van der Waals surface area contributed by atoms with Crippen LogP contribution in [0.1, 0.15) is 66.2 Å². The maximum atomic E-state index is 11.6. The van der Waals surface area contributed by atoms with Crippen LogP contribution in [0, 0.1) is 0 Å². The molecular formula is C16H35N3O. The van der Waals surface area contributed by atoms with Crippen molar-refractivity contribution in [3.05, 3.63) is 0 Å². The molecule has 0 radical (unpaired) electrons. The number of carbonyl (C=O) groups excluding carboxylic acids is 1. The van der Waals surface area contributed by atoms with E-state index < -0.39 is 5.54 Å². The van der Waals surface area contributed by atoms with Gasteiger partial charge in [0.25, 0.3) is 0 Å². The number of primary amides is 1. The maximum absolute atomic E-state index is 11.6. The highest BCUT2D eigenvalue weighted by atomic mass is 16.1. The van der Waals surface area contributed by atoms with Crippen LogP contribution in [-0.2, 0) is 4.79 Å². The van der Waals surface area contributed by atoms with Crippen molar-refractivity contribution >= 4 is 5.91 Å². The van der Waals surface area contributed by atoms with Gasteiger partial charge < -0.3 is 16.0 Å². The zero-order valence-electron chi connectivity index (χ0n) is 14.0. The third-order valence-electron chi connectivity index (χ3n) is 3.79. The van der Waals surface area contributed by atoms with Crippen LogP contribution in [0.2, 0.25) is 0 Å². The third-order valence-corrected chi connectivity index (χ3v) is 3.79. The molecule has 0 aromatic carbocycles. The molecule has 0 aromatic rings. The van der Waals surface area contributed by atoms with E-state index in [4.69, 9.17) is 5.73 Å². The summed E-state index contributed by atoms with van der Waals surface area (Å²) in [6.07, 6.45) is 6.43. The molecule has 0 saturated carbocycles. The second-order valence-corrected chi connectivity index (χ2v) is 5.92. The van der Waals surface area contributed by atoms with Crippen LogP contribution in [-0.4, -0.2) is 42.5 Å². The van der Waals surface area contributed by atoms with Crippen LogP contribution in [0.3, 0.4) is 0 Å². The number of nitrogens with two attached hydrogens (primary N) is 1. The third kappa shape index (κ3) is 7.85. The minimum absolute atomic E-state index is 0.232. The van der Waals surface area contributed by atoms with Crippen LogP contribution in [0.5, 0.6) is 0 Å². The Hall–Kier alpha value is -0.610. The molecule has 0 bridgehead atoms. The van der Waals surface area contributed by atoms with Gasteiger partial charge in [-0.15, -0.1) is 0 Å². The van der Waals surface area contributed by atoms with E-state index in [1.54, 1.807) is 0 Å². The number of nitrogens with one attached hydrogen (secondary N) is 1. The Morgan fingerprint density at radius 2 is 1.65 bits per heavy atom. The van der Waals surface area contributed by atoms with E-state index in [0.717, 1.165) is 38.8 Å². The Morgan fingerprint density at radius 3 is 2.10 bits per heavy atom. The van der Waals surface area contributed by atoms with Crippen LogP contribution in [0.4, 0.5) is 0 Å². The van der Waals surface area contributed by atoms with E-state index in [1.807, 2.05) is 6.92 Å². The monoisotopic (exact) mass is 285 g/mol. The summed E-state index contributed by atoms with van der Waals surface area (Å²) in [5.74, 6) is -0.232. The SMILES string of the molecule is CCCNC(C)(CCCCN(CCC)CCC)C(N)=O. The number of hydrogen-bond donors (Lipinski definition) is 2. The molecular weight excluding hydrogens is 250 g/mol. The van der Waals surface area contributed by atoms with Crippen molar-refractivity contribution in [2.45, 2.75) is 71.8 Å². The molecule has 0 aliphatic carbocycles. The maximum Gasteiger partial charge on any atom is 0.237 e. The molecule has 0 heterocycles. The van der Waals surface area contributed by atoms with Crippen LogP contribution in [0.25, 0.3) is 0 Å². The Kier molecular flexibility index (Phi) is 10.8. The van der Waals surface area contributed by atoms with Gasteiger partial charge in [0.15, 0.2) is 0 Å². The first-order valence-electron chi connectivity index (χ1n) is 8.27. The first kappa shape index (κ1) is 19.4.